The highest BCUT2D eigenvalue weighted by atomic mass is 35.5. The zero-order chi connectivity index (χ0) is 45.6. The first kappa shape index (κ1) is 43.7. The molecule has 10 rings (SSSR count). The Morgan fingerprint density at radius 3 is 2.51 bits per heavy atom. The number of benzene rings is 3. The molecule has 6 aliphatic rings. The number of H-pyrrole nitrogens is 1. The fourth-order valence-electron chi connectivity index (χ4n) is 13.8. The molecule has 3 unspecified atom stereocenters. The number of hydrogen-bond acceptors (Lipinski definition) is 11. The maximum Gasteiger partial charge on any atom is 0.338 e. The average molecular weight is 904 g/mol. The van der Waals surface area contributed by atoms with Crippen LogP contribution in [0, 0.1) is 11.3 Å². The van der Waals surface area contributed by atoms with Crippen molar-refractivity contribution in [1.82, 2.24) is 14.8 Å². The molecular formula is C52H59ClN4O8. The SMILES string of the molecule is CCC1=C[C@@H]2CN(CCc3c([nH]c4ccccc34)[C@@](C(=O)OC)(c3cc4c(cc3OC)N(C)[C@H]3C(O)(COC(=O)c5ccc(Cl)cc5)[C@H](OC(C)=O)[C@]5(CC)C=CCN6CC[C@]43C65)C2)C1. The average Bonchev–Trinajstić information content (AvgIpc) is 3.97. The predicted octanol–water partition coefficient (Wildman–Crippen LogP) is 7.13. The van der Waals surface area contributed by atoms with Gasteiger partial charge >= 0.3 is 17.9 Å². The van der Waals surface area contributed by atoms with Gasteiger partial charge in [0.15, 0.2) is 5.60 Å². The number of nitrogens with one attached hydrogen (secondary N) is 1. The van der Waals surface area contributed by atoms with Crippen LogP contribution in [0.4, 0.5) is 5.69 Å². The number of para-hydroxylation sites is 1. The zero-order valence-corrected chi connectivity index (χ0v) is 38.9. The van der Waals surface area contributed by atoms with Crippen molar-refractivity contribution < 1.29 is 38.4 Å². The number of aliphatic hydroxyl groups is 1. The van der Waals surface area contributed by atoms with Crippen molar-refractivity contribution in [3.05, 3.63) is 117 Å². The molecule has 6 heterocycles. The number of halogens is 1. The third-order valence-corrected chi connectivity index (χ3v) is 16.4. The fraction of sp³-hybridized carbons (Fsp3) is 0.481. The molecular weight excluding hydrogens is 844 g/mol. The van der Waals surface area contributed by atoms with Crippen LogP contribution < -0.4 is 9.64 Å². The Kier molecular flexibility index (Phi) is 10.8. The van der Waals surface area contributed by atoms with Crippen LogP contribution in [0.5, 0.6) is 5.75 Å². The van der Waals surface area contributed by atoms with E-state index in [0.717, 1.165) is 65.9 Å². The Labute approximate surface area is 385 Å². The molecule has 0 radical (unpaired) electrons. The Balaban J connectivity index is 1.23. The minimum Gasteiger partial charge on any atom is -0.496 e. The van der Waals surface area contributed by atoms with Gasteiger partial charge in [0.2, 0.25) is 0 Å². The first-order valence-electron chi connectivity index (χ1n) is 23.1. The van der Waals surface area contributed by atoms with Crippen LogP contribution in [0.1, 0.15) is 79.2 Å². The van der Waals surface area contributed by atoms with E-state index in [2.05, 4.69) is 70.0 Å². The summed E-state index contributed by atoms with van der Waals surface area (Å²) in [6.45, 7) is 9.08. The van der Waals surface area contributed by atoms with Gasteiger partial charge in [0.05, 0.1) is 25.8 Å². The van der Waals surface area contributed by atoms with Crippen LogP contribution in [-0.4, -0.2) is 122 Å². The molecule has 1 aliphatic carbocycles. The summed E-state index contributed by atoms with van der Waals surface area (Å²) in [5, 5.41) is 15.4. The highest BCUT2D eigenvalue weighted by molar-refractivity contribution is 6.30. The number of hydrogen-bond donors (Lipinski definition) is 2. The van der Waals surface area contributed by atoms with Gasteiger partial charge in [-0.05, 0) is 92.1 Å². The lowest BCUT2D eigenvalue weighted by molar-refractivity contribution is -0.228. The van der Waals surface area contributed by atoms with Crippen molar-refractivity contribution >= 4 is 46.1 Å². The Morgan fingerprint density at radius 2 is 1.78 bits per heavy atom. The van der Waals surface area contributed by atoms with Crippen LogP contribution in [0.3, 0.4) is 0 Å². The van der Waals surface area contributed by atoms with Gasteiger partial charge in [-0.2, -0.15) is 0 Å². The second kappa shape index (κ2) is 16.0. The van der Waals surface area contributed by atoms with Gasteiger partial charge in [-0.1, -0.05) is 67.4 Å². The van der Waals surface area contributed by atoms with Gasteiger partial charge < -0.3 is 33.9 Å². The number of nitrogens with zero attached hydrogens (tertiary/aromatic N) is 3. The third kappa shape index (κ3) is 6.30. The molecule has 1 spiro atoms. The number of carbonyl (C=O) groups is 3. The van der Waals surface area contributed by atoms with E-state index in [1.165, 1.54) is 19.6 Å². The van der Waals surface area contributed by atoms with E-state index in [1.807, 2.05) is 25.2 Å². The molecule has 342 valence electrons. The second-order valence-corrected chi connectivity index (χ2v) is 19.7. The van der Waals surface area contributed by atoms with Crippen molar-refractivity contribution in [1.29, 1.82) is 0 Å². The van der Waals surface area contributed by atoms with E-state index in [9.17, 15) is 14.7 Å². The molecule has 65 heavy (non-hydrogen) atoms. The molecule has 12 nitrogen and oxygen atoms in total. The summed E-state index contributed by atoms with van der Waals surface area (Å²) in [6, 6.07) is 17.9. The summed E-state index contributed by atoms with van der Waals surface area (Å²) in [5.41, 5.74) is 1.93. The van der Waals surface area contributed by atoms with E-state index >= 15 is 4.79 Å². The number of carbonyl (C=O) groups excluding carboxylic acids is 3. The van der Waals surface area contributed by atoms with Crippen LogP contribution in [0.2, 0.25) is 5.02 Å². The standard InChI is InChI=1S/C52H59ClN4O8/c1-7-32-24-33-27-51(48(60)63-6,43-37(18-22-56(28-32)29-33)36-12-9-10-13-40(36)54-43)39-25-38-41(26-42(39)62-5)55(4)46-50(38)20-23-57-21-11-19-49(8-2,45(50)57)47(65-31(3)58)52(46,61)30-64-44(59)34-14-16-35(53)17-15-34/h9-17,19,24-26,33,45-47,54,61H,7-8,18,20-23,27-30H2,1-6H3/t33-,45?,46+,47+,49+,50+,51-,52?/m0/s1. The highest BCUT2D eigenvalue weighted by Crippen LogP contribution is 2.68. The van der Waals surface area contributed by atoms with Gasteiger partial charge in [0, 0.05) is 96.0 Å². The predicted molar refractivity (Wildman–Crippen MR) is 249 cm³/mol. The molecule has 5 aliphatic heterocycles. The van der Waals surface area contributed by atoms with Gasteiger partial charge in [0.1, 0.15) is 23.9 Å². The first-order valence-corrected chi connectivity index (χ1v) is 23.5. The number of aromatic amines is 1. The second-order valence-electron chi connectivity index (χ2n) is 19.3. The van der Waals surface area contributed by atoms with E-state index in [0.29, 0.717) is 48.7 Å². The lowest BCUT2D eigenvalue weighted by Gasteiger charge is -2.64. The topological polar surface area (TPSA) is 134 Å². The summed E-state index contributed by atoms with van der Waals surface area (Å²) >= 11 is 6.18. The molecule has 4 aromatic rings. The number of fused-ring (bicyclic) bond motifs is 6. The number of likely N-dealkylation sites (N-methyl/N-ethyl adjacent to an activating group) is 1. The van der Waals surface area contributed by atoms with Gasteiger partial charge in [0.25, 0.3) is 0 Å². The molecule has 2 N–H and O–H groups in total. The van der Waals surface area contributed by atoms with E-state index in [-0.39, 0.29) is 23.5 Å². The van der Waals surface area contributed by atoms with E-state index < -0.39 is 52.5 Å². The van der Waals surface area contributed by atoms with Crippen molar-refractivity contribution in [2.45, 2.75) is 87.5 Å². The summed E-state index contributed by atoms with van der Waals surface area (Å²) < 4.78 is 25.0. The number of anilines is 1. The van der Waals surface area contributed by atoms with Gasteiger partial charge in [-0.15, -0.1) is 0 Å². The summed E-state index contributed by atoms with van der Waals surface area (Å²) in [6.07, 6.45) is 8.75. The van der Waals surface area contributed by atoms with E-state index in [4.69, 9.17) is 30.5 Å². The minimum atomic E-state index is -1.94. The quantitative estimate of drug-likeness (QED) is 0.101. The number of aromatic nitrogens is 1. The zero-order valence-electron chi connectivity index (χ0n) is 38.1. The Bertz CT molecular complexity index is 2640. The van der Waals surface area contributed by atoms with Crippen LogP contribution >= 0.6 is 11.6 Å². The highest BCUT2D eigenvalue weighted by Gasteiger charge is 2.78. The molecule has 9 atom stereocenters. The smallest absolute Gasteiger partial charge is 0.338 e. The number of methoxy groups -OCH3 is 2. The number of rotatable bonds is 9. The van der Waals surface area contributed by atoms with Crippen LogP contribution in [-0.2, 0) is 41.1 Å². The molecule has 13 heteroatoms. The maximum absolute atomic E-state index is 15.4. The number of esters is 3. The lowest BCUT2D eigenvalue weighted by Crippen LogP contribution is -2.80. The summed E-state index contributed by atoms with van der Waals surface area (Å²) in [4.78, 5) is 53.5. The van der Waals surface area contributed by atoms with Crippen molar-refractivity contribution in [2.24, 2.45) is 11.3 Å². The van der Waals surface area contributed by atoms with E-state index in [1.54, 1.807) is 31.4 Å². The molecule has 3 aromatic carbocycles. The summed E-state index contributed by atoms with van der Waals surface area (Å²) in [7, 11) is 5.07. The molecule has 2 fully saturated rings. The first-order chi connectivity index (χ1) is 31.3. The third-order valence-electron chi connectivity index (χ3n) is 16.2. The monoisotopic (exact) mass is 902 g/mol. The minimum absolute atomic E-state index is 0.0134. The number of ether oxygens (including phenoxy) is 4. The largest absolute Gasteiger partial charge is 0.496 e. The molecule has 1 saturated heterocycles. The molecule has 0 amide bonds. The van der Waals surface area contributed by atoms with Crippen LogP contribution in [0.15, 0.2) is 84.5 Å². The molecule has 1 aromatic heterocycles. The molecule has 1 saturated carbocycles. The van der Waals surface area contributed by atoms with Gasteiger partial charge in [-0.3, -0.25) is 19.4 Å². The van der Waals surface area contributed by atoms with Crippen LogP contribution in [0.25, 0.3) is 10.9 Å². The lowest BCUT2D eigenvalue weighted by atomic mass is 9.47. The van der Waals surface area contributed by atoms with Crippen molar-refractivity contribution in [3.63, 3.8) is 0 Å². The Morgan fingerprint density at radius 1 is 1.00 bits per heavy atom. The van der Waals surface area contributed by atoms with Gasteiger partial charge in [-0.25, -0.2) is 4.79 Å². The normalized spacial score (nSPS) is 32.2. The van der Waals surface area contributed by atoms with Crippen molar-refractivity contribution in [2.75, 3.05) is 65.5 Å². The maximum atomic E-state index is 15.4. The van der Waals surface area contributed by atoms with Crippen molar-refractivity contribution in [3.8, 4) is 5.75 Å². The molecule has 2 bridgehead atoms. The fourth-order valence-corrected chi connectivity index (χ4v) is 13.9. The summed E-state index contributed by atoms with van der Waals surface area (Å²) in [5.74, 6) is -1.03. The Hall–Kier alpha value is -5.14.